The number of amides is 1. The van der Waals surface area contributed by atoms with Crippen molar-refractivity contribution in [3.63, 3.8) is 0 Å². The van der Waals surface area contributed by atoms with Gasteiger partial charge in [0, 0.05) is 23.1 Å². The lowest BCUT2D eigenvalue weighted by Crippen LogP contribution is -2.44. The molecule has 0 spiro atoms. The van der Waals surface area contributed by atoms with Gasteiger partial charge >= 0.3 is 0 Å². The van der Waals surface area contributed by atoms with Gasteiger partial charge in [0.2, 0.25) is 5.91 Å². The predicted octanol–water partition coefficient (Wildman–Crippen LogP) is 3.00. The number of nitrogens with two attached hydrogens (primary N) is 1. The average molecular weight is 387 g/mol. The van der Waals surface area contributed by atoms with Crippen LogP contribution in [0, 0.1) is 5.92 Å². The average Bonchev–Trinajstić information content (AvgIpc) is 2.62. The van der Waals surface area contributed by atoms with Gasteiger partial charge in [-0.2, -0.15) is 0 Å². The second kappa shape index (κ2) is 10.1. The standard InChI is InChI=1S/C18H26N2O3S.ClH/c19-12-13-3-1-2-4-15(13)20-18(21)7-10-24-14-5-6-16-17(11-14)23-9-8-22-16;/h5-6,11,13,15H,1-4,7-10,12,19H2,(H,20,21);1H. The maximum absolute atomic E-state index is 12.2. The molecule has 1 aliphatic carbocycles. The van der Waals surface area contributed by atoms with E-state index in [0.717, 1.165) is 35.0 Å². The molecule has 1 aromatic rings. The monoisotopic (exact) mass is 386 g/mol. The molecule has 25 heavy (non-hydrogen) atoms. The molecule has 1 aliphatic heterocycles. The fourth-order valence-electron chi connectivity index (χ4n) is 3.33. The highest BCUT2D eigenvalue weighted by Crippen LogP contribution is 2.34. The molecule has 2 atom stereocenters. The maximum atomic E-state index is 12.2. The van der Waals surface area contributed by atoms with Crippen LogP contribution in [0.1, 0.15) is 32.1 Å². The number of carbonyl (C=O) groups excluding carboxylic acids is 1. The predicted molar refractivity (Wildman–Crippen MR) is 103 cm³/mol. The van der Waals surface area contributed by atoms with Crippen molar-refractivity contribution >= 4 is 30.1 Å². The molecule has 0 bridgehead atoms. The number of rotatable bonds is 6. The van der Waals surface area contributed by atoms with Gasteiger partial charge in [-0.1, -0.05) is 12.8 Å². The molecular weight excluding hydrogens is 360 g/mol. The zero-order valence-corrected chi connectivity index (χ0v) is 16.0. The molecule has 3 rings (SSSR count). The third kappa shape index (κ3) is 5.69. The summed E-state index contributed by atoms with van der Waals surface area (Å²) >= 11 is 1.67. The Hall–Kier alpha value is -1.11. The molecule has 1 aromatic carbocycles. The van der Waals surface area contributed by atoms with Crippen LogP contribution in [-0.4, -0.2) is 37.5 Å². The summed E-state index contributed by atoms with van der Waals surface area (Å²) in [6.07, 6.45) is 5.13. The largest absolute Gasteiger partial charge is 0.486 e. The second-order valence-corrected chi connectivity index (χ2v) is 7.53. The number of benzene rings is 1. The van der Waals surface area contributed by atoms with Crippen LogP contribution >= 0.6 is 24.2 Å². The summed E-state index contributed by atoms with van der Waals surface area (Å²) in [5, 5.41) is 3.18. The normalized spacial score (nSPS) is 22.0. The Bertz CT molecular complexity index is 573. The molecule has 1 saturated carbocycles. The number of nitrogens with one attached hydrogen (secondary N) is 1. The van der Waals surface area contributed by atoms with Crippen LogP contribution in [0.5, 0.6) is 11.5 Å². The Morgan fingerprint density at radius 1 is 1.20 bits per heavy atom. The van der Waals surface area contributed by atoms with E-state index in [2.05, 4.69) is 5.32 Å². The summed E-state index contributed by atoms with van der Waals surface area (Å²) in [7, 11) is 0. The van der Waals surface area contributed by atoms with Gasteiger partial charge in [-0.05, 0) is 43.5 Å². The van der Waals surface area contributed by atoms with Crippen LogP contribution in [0.15, 0.2) is 23.1 Å². The first-order valence-electron chi connectivity index (χ1n) is 8.78. The Morgan fingerprint density at radius 3 is 2.76 bits per heavy atom. The molecule has 5 nitrogen and oxygen atoms in total. The SMILES string of the molecule is Cl.NCC1CCCCC1NC(=O)CCSc1ccc2c(c1)OCCO2. The first-order valence-corrected chi connectivity index (χ1v) is 9.76. The van der Waals surface area contributed by atoms with E-state index < -0.39 is 0 Å². The van der Waals surface area contributed by atoms with Crippen molar-refractivity contribution in [2.24, 2.45) is 11.7 Å². The third-order valence-corrected chi connectivity index (χ3v) is 5.67. The fourth-order valence-corrected chi connectivity index (χ4v) is 4.21. The van der Waals surface area contributed by atoms with E-state index in [4.69, 9.17) is 15.2 Å². The number of hydrogen-bond donors (Lipinski definition) is 2. The molecule has 7 heteroatoms. The lowest BCUT2D eigenvalue weighted by molar-refractivity contribution is -0.121. The van der Waals surface area contributed by atoms with Crippen LogP contribution in [0.3, 0.4) is 0 Å². The van der Waals surface area contributed by atoms with E-state index in [1.165, 1.54) is 12.8 Å². The second-order valence-electron chi connectivity index (χ2n) is 6.36. The first-order chi connectivity index (χ1) is 11.8. The van der Waals surface area contributed by atoms with E-state index in [0.29, 0.717) is 32.1 Å². The van der Waals surface area contributed by atoms with Crippen molar-refractivity contribution in [3.8, 4) is 11.5 Å². The van der Waals surface area contributed by atoms with Gasteiger partial charge in [-0.15, -0.1) is 24.2 Å². The van der Waals surface area contributed by atoms with Crippen molar-refractivity contribution < 1.29 is 14.3 Å². The zero-order chi connectivity index (χ0) is 16.8. The van der Waals surface area contributed by atoms with Crippen molar-refractivity contribution in [2.75, 3.05) is 25.5 Å². The molecule has 2 unspecified atom stereocenters. The van der Waals surface area contributed by atoms with Crippen LogP contribution in [0.2, 0.25) is 0 Å². The van der Waals surface area contributed by atoms with Gasteiger partial charge < -0.3 is 20.5 Å². The van der Waals surface area contributed by atoms with Gasteiger partial charge in [0.25, 0.3) is 0 Å². The third-order valence-electron chi connectivity index (χ3n) is 4.67. The number of fused-ring (bicyclic) bond motifs is 1. The van der Waals surface area contributed by atoms with Crippen LogP contribution in [-0.2, 0) is 4.79 Å². The molecule has 0 aromatic heterocycles. The van der Waals surface area contributed by atoms with E-state index in [-0.39, 0.29) is 24.4 Å². The highest BCUT2D eigenvalue weighted by Gasteiger charge is 2.25. The number of thioether (sulfide) groups is 1. The minimum absolute atomic E-state index is 0. The number of carbonyl (C=O) groups is 1. The molecule has 3 N–H and O–H groups in total. The molecule has 0 radical (unpaired) electrons. The lowest BCUT2D eigenvalue weighted by Gasteiger charge is -2.31. The zero-order valence-electron chi connectivity index (χ0n) is 14.4. The van der Waals surface area contributed by atoms with Crippen LogP contribution < -0.4 is 20.5 Å². The Balaban J connectivity index is 0.00000225. The molecule has 1 amide bonds. The van der Waals surface area contributed by atoms with E-state index in [1.807, 2.05) is 18.2 Å². The Kier molecular flexibility index (Phi) is 8.19. The highest BCUT2D eigenvalue weighted by atomic mass is 35.5. The number of hydrogen-bond acceptors (Lipinski definition) is 5. The fraction of sp³-hybridized carbons (Fsp3) is 0.611. The van der Waals surface area contributed by atoms with Crippen LogP contribution in [0.25, 0.3) is 0 Å². The van der Waals surface area contributed by atoms with E-state index in [9.17, 15) is 4.79 Å². The Labute approximate surface area is 159 Å². The van der Waals surface area contributed by atoms with E-state index >= 15 is 0 Å². The summed E-state index contributed by atoms with van der Waals surface area (Å²) in [4.78, 5) is 13.3. The van der Waals surface area contributed by atoms with Gasteiger partial charge in [0.1, 0.15) is 13.2 Å². The maximum Gasteiger partial charge on any atom is 0.221 e. The molecule has 1 fully saturated rings. The quantitative estimate of drug-likeness (QED) is 0.735. The minimum Gasteiger partial charge on any atom is -0.486 e. The topological polar surface area (TPSA) is 73.6 Å². The first kappa shape index (κ1) is 20.2. The van der Waals surface area contributed by atoms with E-state index in [1.54, 1.807) is 11.8 Å². The smallest absolute Gasteiger partial charge is 0.221 e. The molecule has 140 valence electrons. The molecule has 1 heterocycles. The van der Waals surface area contributed by atoms with Crippen LogP contribution in [0.4, 0.5) is 0 Å². The van der Waals surface area contributed by atoms with Gasteiger partial charge in [0.15, 0.2) is 11.5 Å². The summed E-state index contributed by atoms with van der Waals surface area (Å²) in [5.41, 5.74) is 5.82. The highest BCUT2D eigenvalue weighted by molar-refractivity contribution is 7.99. The van der Waals surface area contributed by atoms with Crippen molar-refractivity contribution in [2.45, 2.75) is 43.0 Å². The summed E-state index contributed by atoms with van der Waals surface area (Å²) in [6, 6.07) is 6.20. The Morgan fingerprint density at radius 2 is 1.96 bits per heavy atom. The van der Waals surface area contributed by atoms with Gasteiger partial charge in [0.05, 0.1) is 0 Å². The lowest BCUT2D eigenvalue weighted by atomic mass is 9.84. The number of halogens is 1. The molecular formula is C18H27ClN2O3S. The van der Waals surface area contributed by atoms with Gasteiger partial charge in [-0.25, -0.2) is 0 Å². The van der Waals surface area contributed by atoms with Gasteiger partial charge in [-0.3, -0.25) is 4.79 Å². The van der Waals surface area contributed by atoms with Crippen molar-refractivity contribution in [3.05, 3.63) is 18.2 Å². The summed E-state index contributed by atoms with van der Waals surface area (Å²) < 4.78 is 11.1. The van der Waals surface area contributed by atoms with Crippen molar-refractivity contribution in [1.29, 1.82) is 0 Å². The molecule has 0 saturated heterocycles. The summed E-state index contributed by atoms with van der Waals surface area (Å²) in [6.45, 7) is 1.86. The summed E-state index contributed by atoms with van der Waals surface area (Å²) in [5.74, 6) is 2.92. The molecule has 2 aliphatic rings. The number of ether oxygens (including phenoxy) is 2. The minimum atomic E-state index is 0. The van der Waals surface area contributed by atoms with Crippen molar-refractivity contribution in [1.82, 2.24) is 5.32 Å².